The highest BCUT2D eigenvalue weighted by Crippen LogP contribution is 2.29. The number of benzene rings is 1. The molecule has 0 spiro atoms. The van der Waals surface area contributed by atoms with Gasteiger partial charge in [-0.25, -0.2) is 9.97 Å². The maximum atomic E-state index is 12.5. The number of amides is 1. The number of aryl methyl sites for hydroxylation is 2. The fourth-order valence-electron chi connectivity index (χ4n) is 4.46. The van der Waals surface area contributed by atoms with Gasteiger partial charge < -0.3 is 19.6 Å². The predicted octanol–water partition coefficient (Wildman–Crippen LogP) is 2.85. The third-order valence-electron chi connectivity index (χ3n) is 5.93. The molecule has 1 fully saturated rings. The summed E-state index contributed by atoms with van der Waals surface area (Å²) >= 11 is 0. The third kappa shape index (κ3) is 4.19. The van der Waals surface area contributed by atoms with Crippen LogP contribution in [0.15, 0.2) is 43.0 Å². The van der Waals surface area contributed by atoms with Crippen LogP contribution in [-0.2, 0) is 17.8 Å². The molecule has 0 unspecified atom stereocenters. The Bertz CT molecular complexity index is 949. The zero-order chi connectivity index (χ0) is 20.2. The highest BCUT2D eigenvalue weighted by Gasteiger charge is 2.33. The maximum absolute atomic E-state index is 12.5. The monoisotopic (exact) mass is 395 g/mol. The van der Waals surface area contributed by atoms with Crippen molar-refractivity contribution in [1.82, 2.24) is 24.4 Å². The van der Waals surface area contributed by atoms with Crippen LogP contribution in [0.25, 0.3) is 11.0 Å². The molecule has 1 amide bonds. The Kier molecular flexibility index (Phi) is 5.94. The topological polar surface area (TPSA) is 85.0 Å². The second-order valence-corrected chi connectivity index (χ2v) is 7.79. The summed E-state index contributed by atoms with van der Waals surface area (Å²) < 4.78 is 4.16. The van der Waals surface area contributed by atoms with Crippen LogP contribution in [0.2, 0.25) is 0 Å². The van der Waals surface area contributed by atoms with Crippen LogP contribution in [0.1, 0.15) is 50.9 Å². The summed E-state index contributed by atoms with van der Waals surface area (Å²) in [6.45, 7) is 2.98. The van der Waals surface area contributed by atoms with Crippen molar-refractivity contribution in [2.45, 2.75) is 70.2 Å². The smallest absolute Gasteiger partial charge is 0.220 e. The Labute approximate surface area is 170 Å². The van der Waals surface area contributed by atoms with Crippen LogP contribution in [0.3, 0.4) is 0 Å². The lowest BCUT2D eigenvalue weighted by atomic mass is 9.87. The van der Waals surface area contributed by atoms with Crippen LogP contribution >= 0.6 is 0 Å². The van der Waals surface area contributed by atoms with Crippen LogP contribution in [-0.4, -0.2) is 42.3 Å². The molecule has 1 aliphatic rings. The SMILES string of the molecule is CCn1c(CCCC(=O)N[C@@H]2CCC[C@@H](n3ccnc3)[C@@H]2O)nc2ccccc21. The molecule has 3 aromatic rings. The molecule has 2 N–H and O–H groups in total. The average Bonchev–Trinajstić information content (AvgIpc) is 3.37. The van der Waals surface area contributed by atoms with Crippen molar-refractivity contribution in [3.63, 3.8) is 0 Å². The number of rotatable bonds is 7. The third-order valence-corrected chi connectivity index (χ3v) is 5.93. The average molecular weight is 396 g/mol. The van der Waals surface area contributed by atoms with Gasteiger partial charge >= 0.3 is 0 Å². The van der Waals surface area contributed by atoms with E-state index in [1.807, 2.05) is 29.0 Å². The highest BCUT2D eigenvalue weighted by molar-refractivity contribution is 5.77. The normalized spacial score (nSPS) is 22.1. The first-order valence-corrected chi connectivity index (χ1v) is 10.6. The molecule has 0 aliphatic heterocycles. The number of nitrogens with zero attached hydrogens (tertiary/aromatic N) is 4. The van der Waals surface area contributed by atoms with Gasteiger partial charge in [0, 0.05) is 31.8 Å². The quantitative estimate of drug-likeness (QED) is 0.644. The standard InChI is InChI=1S/C22H29N5O2/c1-2-27-18-9-4-3-7-16(18)24-20(27)11-6-12-21(28)25-17-8-5-10-19(22(17)29)26-14-13-23-15-26/h3-4,7,9,13-15,17,19,22,29H,2,5-6,8,10-12H2,1H3,(H,25,28)/t17-,19-,22-/m1/s1. The summed E-state index contributed by atoms with van der Waals surface area (Å²) in [6.07, 6.45) is 9.36. The summed E-state index contributed by atoms with van der Waals surface area (Å²) in [7, 11) is 0. The number of fused-ring (bicyclic) bond motifs is 1. The van der Waals surface area contributed by atoms with Gasteiger partial charge in [0.05, 0.1) is 35.5 Å². The predicted molar refractivity (Wildman–Crippen MR) is 111 cm³/mol. The second kappa shape index (κ2) is 8.78. The number of imidazole rings is 2. The molecule has 1 saturated carbocycles. The van der Waals surface area contributed by atoms with Crippen LogP contribution in [0.5, 0.6) is 0 Å². The summed E-state index contributed by atoms with van der Waals surface area (Å²) in [5.74, 6) is 1.03. The van der Waals surface area contributed by atoms with Gasteiger partial charge in [-0.05, 0) is 44.7 Å². The van der Waals surface area contributed by atoms with Gasteiger partial charge in [0.25, 0.3) is 0 Å². The van der Waals surface area contributed by atoms with E-state index in [1.54, 1.807) is 12.5 Å². The molecule has 0 bridgehead atoms. The van der Waals surface area contributed by atoms with Crippen molar-refractivity contribution < 1.29 is 9.90 Å². The Morgan fingerprint density at radius 3 is 2.97 bits per heavy atom. The molecule has 2 heterocycles. The first kappa shape index (κ1) is 19.6. The molecular weight excluding hydrogens is 366 g/mol. The van der Waals surface area contributed by atoms with Crippen molar-refractivity contribution in [1.29, 1.82) is 0 Å². The van der Waals surface area contributed by atoms with E-state index >= 15 is 0 Å². The first-order chi connectivity index (χ1) is 14.2. The Balaban J connectivity index is 1.31. The number of carbonyl (C=O) groups is 1. The zero-order valence-electron chi connectivity index (χ0n) is 16.9. The molecule has 0 radical (unpaired) electrons. The number of hydrogen-bond donors (Lipinski definition) is 2. The van der Waals surface area contributed by atoms with Crippen molar-refractivity contribution in [2.75, 3.05) is 0 Å². The molecule has 7 heteroatoms. The van der Waals surface area contributed by atoms with Crippen LogP contribution in [0.4, 0.5) is 0 Å². The lowest BCUT2D eigenvalue weighted by Gasteiger charge is -2.35. The molecule has 3 atom stereocenters. The molecule has 1 aliphatic carbocycles. The molecule has 1 aromatic carbocycles. The second-order valence-electron chi connectivity index (χ2n) is 7.79. The molecule has 4 rings (SSSR count). The van der Waals surface area contributed by atoms with Gasteiger partial charge in [-0.1, -0.05) is 12.1 Å². The van der Waals surface area contributed by atoms with Gasteiger partial charge in [0.15, 0.2) is 0 Å². The molecule has 29 heavy (non-hydrogen) atoms. The molecular formula is C22H29N5O2. The Morgan fingerprint density at radius 2 is 2.17 bits per heavy atom. The summed E-state index contributed by atoms with van der Waals surface area (Å²) in [4.78, 5) is 21.3. The van der Waals surface area contributed by atoms with Gasteiger partial charge in [-0.2, -0.15) is 0 Å². The minimum atomic E-state index is -0.591. The number of nitrogens with one attached hydrogen (secondary N) is 1. The number of carbonyl (C=O) groups excluding carboxylic acids is 1. The van der Waals surface area contributed by atoms with Gasteiger partial charge in [-0.15, -0.1) is 0 Å². The summed E-state index contributed by atoms with van der Waals surface area (Å²) in [5.41, 5.74) is 2.15. The molecule has 7 nitrogen and oxygen atoms in total. The molecule has 154 valence electrons. The van der Waals surface area contributed by atoms with Crippen molar-refractivity contribution >= 4 is 16.9 Å². The zero-order valence-corrected chi connectivity index (χ0v) is 16.9. The van der Waals surface area contributed by atoms with Crippen LogP contribution in [0, 0.1) is 0 Å². The number of aliphatic hydroxyl groups is 1. The van der Waals surface area contributed by atoms with E-state index in [0.29, 0.717) is 6.42 Å². The lowest BCUT2D eigenvalue weighted by molar-refractivity contribution is -0.123. The van der Waals surface area contributed by atoms with E-state index < -0.39 is 6.10 Å². The number of aromatic nitrogens is 4. The van der Waals surface area contributed by atoms with Gasteiger partial charge in [-0.3, -0.25) is 4.79 Å². The van der Waals surface area contributed by atoms with E-state index in [9.17, 15) is 9.90 Å². The molecule has 2 aromatic heterocycles. The summed E-state index contributed by atoms with van der Waals surface area (Å²) in [6, 6.07) is 7.91. The summed E-state index contributed by atoms with van der Waals surface area (Å²) in [5, 5.41) is 13.8. The van der Waals surface area contributed by atoms with E-state index in [0.717, 1.165) is 55.5 Å². The van der Waals surface area contributed by atoms with Crippen molar-refractivity contribution in [3.05, 3.63) is 48.8 Å². The van der Waals surface area contributed by atoms with Gasteiger partial charge in [0.1, 0.15) is 5.82 Å². The van der Waals surface area contributed by atoms with E-state index in [1.165, 1.54) is 0 Å². The maximum Gasteiger partial charge on any atom is 0.220 e. The Morgan fingerprint density at radius 1 is 1.31 bits per heavy atom. The number of para-hydroxylation sites is 2. The number of hydrogen-bond acceptors (Lipinski definition) is 4. The van der Waals surface area contributed by atoms with E-state index in [2.05, 4.69) is 27.9 Å². The van der Waals surface area contributed by atoms with Crippen molar-refractivity contribution in [3.8, 4) is 0 Å². The molecule has 0 saturated heterocycles. The van der Waals surface area contributed by atoms with E-state index in [-0.39, 0.29) is 18.0 Å². The number of aliphatic hydroxyl groups excluding tert-OH is 1. The van der Waals surface area contributed by atoms with Crippen molar-refractivity contribution in [2.24, 2.45) is 0 Å². The first-order valence-electron chi connectivity index (χ1n) is 10.6. The fraction of sp³-hybridized carbons (Fsp3) is 0.500. The van der Waals surface area contributed by atoms with E-state index in [4.69, 9.17) is 4.98 Å². The van der Waals surface area contributed by atoms with Gasteiger partial charge in [0.2, 0.25) is 5.91 Å². The fourth-order valence-corrected chi connectivity index (χ4v) is 4.46. The highest BCUT2D eigenvalue weighted by atomic mass is 16.3. The lowest BCUT2D eigenvalue weighted by Crippen LogP contribution is -2.49. The van der Waals surface area contributed by atoms with Crippen LogP contribution < -0.4 is 5.32 Å². The largest absolute Gasteiger partial charge is 0.389 e. The Hall–Kier alpha value is -2.67. The minimum Gasteiger partial charge on any atom is -0.389 e. The minimum absolute atomic E-state index is 0.000472.